The zero-order valence-electron chi connectivity index (χ0n) is 11.0. The van der Waals surface area contributed by atoms with Crippen LogP contribution in [-0.2, 0) is 0 Å². The summed E-state index contributed by atoms with van der Waals surface area (Å²) in [5.74, 6) is 0.625. The Morgan fingerprint density at radius 2 is 2.17 bits per heavy atom. The highest BCUT2D eigenvalue weighted by atomic mass is 35.5. The Morgan fingerprint density at radius 1 is 1.39 bits per heavy atom. The second-order valence-corrected chi connectivity index (χ2v) is 5.77. The van der Waals surface area contributed by atoms with Gasteiger partial charge in [0.25, 0.3) is 0 Å². The van der Waals surface area contributed by atoms with Gasteiger partial charge < -0.3 is 11.1 Å². The fourth-order valence-electron chi connectivity index (χ4n) is 2.90. The quantitative estimate of drug-likeness (QED) is 0.875. The largest absolute Gasteiger partial charge is 0.330 e. The number of nitrogens with one attached hydrogen (secondary N) is 1. The first kappa shape index (κ1) is 13.9. The number of nitrogens with two attached hydrogens (primary N) is 1. The van der Waals surface area contributed by atoms with E-state index in [0.717, 1.165) is 11.6 Å². The molecule has 1 aliphatic carbocycles. The Morgan fingerprint density at radius 3 is 2.89 bits per heavy atom. The minimum absolute atomic E-state index is 0.334. The van der Waals surface area contributed by atoms with E-state index in [2.05, 4.69) is 18.3 Å². The van der Waals surface area contributed by atoms with Gasteiger partial charge in [-0.1, -0.05) is 36.6 Å². The van der Waals surface area contributed by atoms with E-state index in [4.69, 9.17) is 17.3 Å². The normalized spacial score (nSPS) is 25.9. The van der Waals surface area contributed by atoms with E-state index >= 15 is 0 Å². The van der Waals surface area contributed by atoms with Crippen molar-refractivity contribution in [3.63, 3.8) is 0 Å². The van der Waals surface area contributed by atoms with Gasteiger partial charge in [-0.15, -0.1) is 0 Å². The lowest BCUT2D eigenvalue weighted by Gasteiger charge is -2.34. The predicted molar refractivity (Wildman–Crippen MR) is 77.8 cm³/mol. The maximum absolute atomic E-state index is 6.04. The maximum Gasteiger partial charge on any atom is 0.0409 e. The number of benzene rings is 1. The van der Waals surface area contributed by atoms with Crippen LogP contribution >= 0.6 is 11.6 Å². The molecule has 3 atom stereocenters. The lowest BCUT2D eigenvalue weighted by Crippen LogP contribution is -2.42. The summed E-state index contributed by atoms with van der Waals surface area (Å²) in [6, 6.07) is 8.99. The maximum atomic E-state index is 6.04. The summed E-state index contributed by atoms with van der Waals surface area (Å²) >= 11 is 6.04. The van der Waals surface area contributed by atoms with Gasteiger partial charge in [0, 0.05) is 17.1 Å². The molecule has 1 fully saturated rings. The molecule has 3 unspecified atom stereocenters. The first-order valence-corrected chi connectivity index (χ1v) is 7.30. The fraction of sp³-hybridized carbons (Fsp3) is 0.600. The van der Waals surface area contributed by atoms with Crippen molar-refractivity contribution in [3.05, 3.63) is 34.9 Å². The van der Waals surface area contributed by atoms with Crippen molar-refractivity contribution in [1.82, 2.24) is 5.32 Å². The molecule has 100 valence electrons. The Bertz CT molecular complexity index is 381. The number of hydrogen-bond donors (Lipinski definition) is 2. The molecule has 2 rings (SSSR count). The first-order valence-electron chi connectivity index (χ1n) is 6.92. The molecule has 2 nitrogen and oxygen atoms in total. The minimum Gasteiger partial charge on any atom is -0.330 e. The van der Waals surface area contributed by atoms with Crippen molar-refractivity contribution < 1.29 is 0 Å². The third-order valence-corrected chi connectivity index (χ3v) is 4.26. The molecule has 18 heavy (non-hydrogen) atoms. The summed E-state index contributed by atoms with van der Waals surface area (Å²) in [4.78, 5) is 0. The molecule has 3 N–H and O–H groups in total. The molecular formula is C15H23ClN2. The zero-order chi connectivity index (χ0) is 13.0. The predicted octanol–water partition coefficient (Wildman–Crippen LogP) is 3.51. The molecule has 1 aromatic carbocycles. The highest BCUT2D eigenvalue weighted by Gasteiger charge is 2.25. The molecule has 0 aliphatic heterocycles. The second-order valence-electron chi connectivity index (χ2n) is 5.33. The van der Waals surface area contributed by atoms with Crippen LogP contribution in [0.4, 0.5) is 0 Å². The van der Waals surface area contributed by atoms with Gasteiger partial charge in [0.05, 0.1) is 0 Å². The standard InChI is InChI=1S/C15H23ClN2/c1-11(12-6-4-7-14(16)9-12)18-15-8-3-2-5-13(15)10-17/h4,6-7,9,11,13,15,18H,2-3,5,8,10,17H2,1H3. The summed E-state index contributed by atoms with van der Waals surface area (Å²) in [6.45, 7) is 2.99. The van der Waals surface area contributed by atoms with Gasteiger partial charge in [-0.25, -0.2) is 0 Å². The smallest absolute Gasteiger partial charge is 0.0409 e. The van der Waals surface area contributed by atoms with Gasteiger partial charge in [0.15, 0.2) is 0 Å². The third kappa shape index (κ3) is 3.47. The Hall–Kier alpha value is -0.570. The lowest BCUT2D eigenvalue weighted by molar-refractivity contribution is 0.252. The average molecular weight is 267 g/mol. The van der Waals surface area contributed by atoms with Gasteiger partial charge in [0.1, 0.15) is 0 Å². The molecule has 0 heterocycles. The number of rotatable bonds is 4. The molecule has 3 heteroatoms. The molecule has 1 aliphatic rings. The summed E-state index contributed by atoms with van der Waals surface area (Å²) < 4.78 is 0. The van der Waals surface area contributed by atoms with E-state index in [1.54, 1.807) is 0 Å². The summed E-state index contributed by atoms with van der Waals surface area (Å²) in [5, 5.41) is 4.53. The van der Waals surface area contributed by atoms with E-state index < -0.39 is 0 Å². The van der Waals surface area contributed by atoms with Crippen LogP contribution in [0.3, 0.4) is 0 Å². The molecule has 0 aromatic heterocycles. The van der Waals surface area contributed by atoms with Gasteiger partial charge in [-0.3, -0.25) is 0 Å². The third-order valence-electron chi connectivity index (χ3n) is 4.02. The summed E-state index contributed by atoms with van der Waals surface area (Å²) in [6.07, 6.45) is 5.14. The van der Waals surface area contributed by atoms with E-state index in [0.29, 0.717) is 18.0 Å². The molecular weight excluding hydrogens is 244 g/mol. The molecule has 0 amide bonds. The van der Waals surface area contributed by atoms with Crippen LogP contribution in [0.25, 0.3) is 0 Å². The van der Waals surface area contributed by atoms with Gasteiger partial charge >= 0.3 is 0 Å². The van der Waals surface area contributed by atoms with Crippen LogP contribution in [0.15, 0.2) is 24.3 Å². The molecule has 0 bridgehead atoms. The van der Waals surface area contributed by atoms with Crippen LogP contribution in [0.1, 0.15) is 44.2 Å². The van der Waals surface area contributed by atoms with E-state index in [-0.39, 0.29) is 0 Å². The summed E-state index contributed by atoms with van der Waals surface area (Å²) in [5.41, 5.74) is 7.12. The van der Waals surface area contributed by atoms with Crippen molar-refractivity contribution in [1.29, 1.82) is 0 Å². The topological polar surface area (TPSA) is 38.0 Å². The van der Waals surface area contributed by atoms with Crippen molar-refractivity contribution in [3.8, 4) is 0 Å². The minimum atomic E-state index is 0.334. The highest BCUT2D eigenvalue weighted by Crippen LogP contribution is 2.26. The van der Waals surface area contributed by atoms with Gasteiger partial charge in [0.2, 0.25) is 0 Å². The summed E-state index contributed by atoms with van der Waals surface area (Å²) in [7, 11) is 0. The molecule has 0 saturated heterocycles. The highest BCUT2D eigenvalue weighted by molar-refractivity contribution is 6.30. The van der Waals surface area contributed by atoms with Crippen LogP contribution in [0, 0.1) is 5.92 Å². The SMILES string of the molecule is CC(NC1CCCCC1CN)c1cccc(Cl)c1. The van der Waals surface area contributed by atoms with Crippen molar-refractivity contribution in [2.24, 2.45) is 11.7 Å². The molecule has 1 aromatic rings. The fourth-order valence-corrected chi connectivity index (χ4v) is 3.10. The monoisotopic (exact) mass is 266 g/mol. The Balaban J connectivity index is 1.99. The first-order chi connectivity index (χ1) is 8.70. The van der Waals surface area contributed by atoms with E-state index in [1.807, 2.05) is 18.2 Å². The van der Waals surface area contributed by atoms with Crippen molar-refractivity contribution in [2.75, 3.05) is 6.54 Å². The van der Waals surface area contributed by atoms with Crippen molar-refractivity contribution >= 4 is 11.6 Å². The average Bonchev–Trinajstić information content (AvgIpc) is 2.39. The van der Waals surface area contributed by atoms with Crippen LogP contribution in [-0.4, -0.2) is 12.6 Å². The Labute approximate surface area is 115 Å². The molecule has 0 spiro atoms. The van der Waals surface area contributed by atoms with Gasteiger partial charge in [-0.05, 0) is 49.9 Å². The van der Waals surface area contributed by atoms with Crippen LogP contribution in [0.2, 0.25) is 5.02 Å². The van der Waals surface area contributed by atoms with Crippen LogP contribution in [0.5, 0.6) is 0 Å². The number of hydrogen-bond acceptors (Lipinski definition) is 2. The van der Waals surface area contributed by atoms with E-state index in [1.165, 1.54) is 31.2 Å². The van der Waals surface area contributed by atoms with Crippen molar-refractivity contribution in [2.45, 2.75) is 44.7 Å². The second kappa shape index (κ2) is 6.55. The van der Waals surface area contributed by atoms with Crippen LogP contribution < -0.4 is 11.1 Å². The Kier molecular flexibility index (Phi) is 5.04. The molecule has 1 saturated carbocycles. The van der Waals surface area contributed by atoms with E-state index in [9.17, 15) is 0 Å². The lowest BCUT2D eigenvalue weighted by atomic mass is 9.84. The number of halogens is 1. The van der Waals surface area contributed by atoms with Gasteiger partial charge in [-0.2, -0.15) is 0 Å². The zero-order valence-corrected chi connectivity index (χ0v) is 11.8. The molecule has 0 radical (unpaired) electrons.